The summed E-state index contributed by atoms with van der Waals surface area (Å²) in [5.41, 5.74) is 2.07. The van der Waals surface area contributed by atoms with Crippen LogP contribution in [0.4, 0.5) is 0 Å². The SMILES string of the molecule is O=C(Cc1ccccc1Br)C1CCOc2ccccc21. The van der Waals surface area contributed by atoms with Crippen molar-refractivity contribution in [2.75, 3.05) is 6.61 Å². The number of hydrogen-bond donors (Lipinski definition) is 0. The minimum absolute atomic E-state index is 0.0490. The van der Waals surface area contributed by atoms with Crippen molar-refractivity contribution in [2.45, 2.75) is 18.8 Å². The van der Waals surface area contributed by atoms with E-state index in [2.05, 4.69) is 15.9 Å². The third-order valence-corrected chi connectivity index (χ3v) is 4.44. The van der Waals surface area contributed by atoms with Crippen LogP contribution in [0.2, 0.25) is 0 Å². The molecule has 0 radical (unpaired) electrons. The van der Waals surface area contributed by atoms with Gasteiger partial charge in [0.1, 0.15) is 11.5 Å². The molecule has 2 aromatic carbocycles. The second-order valence-corrected chi connectivity index (χ2v) is 5.82. The zero-order valence-corrected chi connectivity index (χ0v) is 12.6. The molecule has 3 rings (SSSR count). The summed E-state index contributed by atoms with van der Waals surface area (Å²) >= 11 is 3.50. The topological polar surface area (TPSA) is 26.3 Å². The van der Waals surface area contributed by atoms with E-state index < -0.39 is 0 Å². The van der Waals surface area contributed by atoms with Gasteiger partial charge in [-0.05, 0) is 24.1 Å². The molecule has 3 heteroatoms. The van der Waals surface area contributed by atoms with Crippen LogP contribution in [0, 0.1) is 0 Å². The lowest BCUT2D eigenvalue weighted by Crippen LogP contribution is -2.22. The summed E-state index contributed by atoms with van der Waals surface area (Å²) in [6.07, 6.45) is 1.22. The van der Waals surface area contributed by atoms with Gasteiger partial charge in [-0.2, -0.15) is 0 Å². The fraction of sp³-hybridized carbons (Fsp3) is 0.235. The predicted octanol–water partition coefficient (Wildman–Crippen LogP) is 4.13. The Kier molecular flexibility index (Phi) is 3.88. The third-order valence-electron chi connectivity index (χ3n) is 3.67. The Bertz CT molecular complexity index is 636. The van der Waals surface area contributed by atoms with Crippen LogP contribution in [0.15, 0.2) is 53.0 Å². The van der Waals surface area contributed by atoms with Crippen molar-refractivity contribution >= 4 is 21.7 Å². The van der Waals surface area contributed by atoms with Gasteiger partial charge in [0.05, 0.1) is 6.61 Å². The van der Waals surface area contributed by atoms with Crippen molar-refractivity contribution in [1.82, 2.24) is 0 Å². The van der Waals surface area contributed by atoms with Gasteiger partial charge in [0.15, 0.2) is 0 Å². The normalized spacial score (nSPS) is 17.1. The van der Waals surface area contributed by atoms with Crippen LogP contribution in [0.5, 0.6) is 5.75 Å². The number of Topliss-reactive ketones (excluding diaryl/α,β-unsaturated/α-hetero) is 1. The van der Waals surface area contributed by atoms with Crippen molar-refractivity contribution in [3.8, 4) is 5.75 Å². The number of carbonyl (C=O) groups excluding carboxylic acids is 1. The number of benzene rings is 2. The van der Waals surface area contributed by atoms with E-state index in [-0.39, 0.29) is 11.7 Å². The van der Waals surface area contributed by atoms with E-state index in [1.165, 1.54) is 0 Å². The van der Waals surface area contributed by atoms with Gasteiger partial charge < -0.3 is 4.74 Å². The van der Waals surface area contributed by atoms with Gasteiger partial charge in [0, 0.05) is 22.4 Å². The lowest BCUT2D eigenvalue weighted by molar-refractivity contribution is -0.120. The lowest BCUT2D eigenvalue weighted by Gasteiger charge is -2.25. The van der Waals surface area contributed by atoms with Gasteiger partial charge in [-0.15, -0.1) is 0 Å². The van der Waals surface area contributed by atoms with Crippen molar-refractivity contribution < 1.29 is 9.53 Å². The molecular formula is C17H15BrO2. The third kappa shape index (κ3) is 2.63. The first kappa shape index (κ1) is 13.4. The quantitative estimate of drug-likeness (QED) is 0.845. The summed E-state index contributed by atoms with van der Waals surface area (Å²) in [6.45, 7) is 0.614. The van der Waals surface area contributed by atoms with Crippen LogP contribution in [-0.4, -0.2) is 12.4 Å². The molecule has 1 aliphatic heterocycles. The molecule has 0 N–H and O–H groups in total. The number of carbonyl (C=O) groups is 1. The molecule has 0 aliphatic carbocycles. The molecule has 0 saturated heterocycles. The molecule has 0 bridgehead atoms. The largest absolute Gasteiger partial charge is 0.493 e. The van der Waals surface area contributed by atoms with E-state index in [9.17, 15) is 4.79 Å². The highest BCUT2D eigenvalue weighted by atomic mass is 79.9. The first-order chi connectivity index (χ1) is 9.75. The fourth-order valence-corrected chi connectivity index (χ4v) is 3.05. The van der Waals surface area contributed by atoms with E-state index >= 15 is 0 Å². The molecule has 0 spiro atoms. The Morgan fingerprint density at radius 2 is 1.90 bits per heavy atom. The molecule has 1 aliphatic rings. The van der Waals surface area contributed by atoms with E-state index in [0.717, 1.165) is 27.8 Å². The second kappa shape index (κ2) is 5.80. The van der Waals surface area contributed by atoms with Gasteiger partial charge >= 0.3 is 0 Å². The summed E-state index contributed by atoms with van der Waals surface area (Å²) < 4.78 is 6.61. The van der Waals surface area contributed by atoms with Gasteiger partial charge in [0.25, 0.3) is 0 Å². The molecule has 0 saturated carbocycles. The zero-order chi connectivity index (χ0) is 13.9. The summed E-state index contributed by atoms with van der Waals surface area (Å²) in [6, 6.07) is 15.7. The van der Waals surface area contributed by atoms with E-state index in [0.29, 0.717) is 13.0 Å². The minimum Gasteiger partial charge on any atom is -0.493 e. The summed E-state index contributed by atoms with van der Waals surface area (Å²) in [5.74, 6) is 1.06. The monoisotopic (exact) mass is 330 g/mol. The van der Waals surface area contributed by atoms with Gasteiger partial charge in [-0.1, -0.05) is 52.3 Å². The van der Waals surface area contributed by atoms with Crippen molar-refractivity contribution in [1.29, 1.82) is 0 Å². The number of para-hydroxylation sites is 1. The van der Waals surface area contributed by atoms with Crippen LogP contribution in [-0.2, 0) is 11.2 Å². The maximum absolute atomic E-state index is 12.6. The summed E-state index contributed by atoms with van der Waals surface area (Å²) in [5, 5.41) is 0. The first-order valence-corrected chi connectivity index (χ1v) is 7.53. The highest BCUT2D eigenvalue weighted by Crippen LogP contribution is 2.34. The maximum atomic E-state index is 12.6. The second-order valence-electron chi connectivity index (χ2n) is 4.96. The smallest absolute Gasteiger partial charge is 0.145 e. The number of halogens is 1. The molecule has 2 nitrogen and oxygen atoms in total. The molecule has 2 aromatic rings. The standard InChI is InChI=1S/C17H15BrO2/c18-15-7-3-1-5-12(15)11-16(19)13-9-10-20-17-8-4-2-6-14(13)17/h1-8,13H,9-11H2. The number of rotatable bonds is 3. The predicted molar refractivity (Wildman–Crippen MR) is 82.1 cm³/mol. The summed E-state index contributed by atoms with van der Waals surface area (Å²) in [7, 11) is 0. The molecule has 1 unspecified atom stereocenters. The van der Waals surface area contributed by atoms with Crippen LogP contribution in [0.1, 0.15) is 23.5 Å². The minimum atomic E-state index is -0.0490. The molecule has 0 amide bonds. The van der Waals surface area contributed by atoms with Crippen molar-refractivity contribution in [3.63, 3.8) is 0 Å². The Hall–Kier alpha value is -1.61. The zero-order valence-electron chi connectivity index (χ0n) is 11.0. The van der Waals surface area contributed by atoms with Crippen LogP contribution in [0.3, 0.4) is 0 Å². The Morgan fingerprint density at radius 1 is 1.15 bits per heavy atom. The van der Waals surface area contributed by atoms with Gasteiger partial charge in [-0.3, -0.25) is 4.79 Å². The Morgan fingerprint density at radius 3 is 2.75 bits per heavy atom. The van der Waals surface area contributed by atoms with Crippen LogP contribution < -0.4 is 4.74 Å². The van der Waals surface area contributed by atoms with Crippen molar-refractivity contribution in [2.24, 2.45) is 0 Å². The van der Waals surface area contributed by atoms with E-state index in [4.69, 9.17) is 4.74 Å². The highest BCUT2D eigenvalue weighted by molar-refractivity contribution is 9.10. The number of hydrogen-bond acceptors (Lipinski definition) is 2. The molecular weight excluding hydrogens is 316 g/mol. The highest BCUT2D eigenvalue weighted by Gasteiger charge is 2.27. The summed E-state index contributed by atoms with van der Waals surface area (Å²) in [4.78, 5) is 12.6. The van der Waals surface area contributed by atoms with Crippen molar-refractivity contribution in [3.05, 3.63) is 64.1 Å². The average Bonchev–Trinajstić information content (AvgIpc) is 2.49. The number of ketones is 1. The maximum Gasteiger partial charge on any atom is 0.145 e. The lowest BCUT2D eigenvalue weighted by atomic mass is 9.87. The number of fused-ring (bicyclic) bond motifs is 1. The van der Waals surface area contributed by atoms with E-state index in [1.807, 2.05) is 48.5 Å². The molecule has 0 aromatic heterocycles. The molecule has 20 heavy (non-hydrogen) atoms. The molecule has 1 heterocycles. The Labute approximate surface area is 126 Å². The molecule has 1 atom stereocenters. The Balaban J connectivity index is 1.84. The van der Waals surface area contributed by atoms with Gasteiger partial charge in [0.2, 0.25) is 0 Å². The molecule has 0 fully saturated rings. The van der Waals surface area contributed by atoms with Crippen LogP contribution in [0.25, 0.3) is 0 Å². The van der Waals surface area contributed by atoms with Gasteiger partial charge in [-0.25, -0.2) is 0 Å². The van der Waals surface area contributed by atoms with E-state index in [1.54, 1.807) is 0 Å². The number of ether oxygens (including phenoxy) is 1. The average molecular weight is 331 g/mol. The molecule has 102 valence electrons. The van der Waals surface area contributed by atoms with Crippen LogP contribution >= 0.6 is 15.9 Å². The first-order valence-electron chi connectivity index (χ1n) is 6.73. The fourth-order valence-electron chi connectivity index (χ4n) is 2.63.